The van der Waals surface area contributed by atoms with Crippen LogP contribution in [0.15, 0.2) is 18.2 Å². The van der Waals surface area contributed by atoms with E-state index in [1.807, 2.05) is 0 Å². The van der Waals surface area contributed by atoms with Crippen molar-refractivity contribution in [1.29, 1.82) is 0 Å². The second-order valence-corrected chi connectivity index (χ2v) is 4.62. The van der Waals surface area contributed by atoms with E-state index < -0.39 is 0 Å². The third-order valence-corrected chi connectivity index (χ3v) is 2.76. The lowest BCUT2D eigenvalue weighted by Crippen LogP contribution is -2.23. The van der Waals surface area contributed by atoms with Crippen LogP contribution in [0.1, 0.15) is 23.6 Å². The molecule has 0 amide bonds. The molecule has 0 bridgehead atoms. The number of ether oxygens (including phenoxy) is 1. The van der Waals surface area contributed by atoms with E-state index in [1.54, 1.807) is 7.11 Å². The van der Waals surface area contributed by atoms with Gasteiger partial charge in [0.2, 0.25) is 0 Å². The molecule has 2 heteroatoms. The molecule has 1 N–H and O–H groups in total. The molecule has 1 aromatic rings. The largest absolute Gasteiger partial charge is 0.384 e. The molecule has 90 valence electrons. The van der Waals surface area contributed by atoms with Crippen molar-refractivity contribution in [3.63, 3.8) is 0 Å². The summed E-state index contributed by atoms with van der Waals surface area (Å²) in [5.41, 5.74) is 4.08. The van der Waals surface area contributed by atoms with Crippen LogP contribution < -0.4 is 5.32 Å². The van der Waals surface area contributed by atoms with Crippen LogP contribution in [0.2, 0.25) is 0 Å². The summed E-state index contributed by atoms with van der Waals surface area (Å²) in [7, 11) is 1.75. The van der Waals surface area contributed by atoms with Crippen LogP contribution in [0.25, 0.3) is 0 Å². The highest BCUT2D eigenvalue weighted by Gasteiger charge is 2.02. The Balaban J connectivity index is 2.37. The van der Waals surface area contributed by atoms with Crippen molar-refractivity contribution in [2.24, 2.45) is 5.92 Å². The van der Waals surface area contributed by atoms with Crippen LogP contribution >= 0.6 is 0 Å². The van der Waals surface area contributed by atoms with Gasteiger partial charge in [-0.25, -0.2) is 0 Å². The minimum absolute atomic E-state index is 0.566. The predicted molar refractivity (Wildman–Crippen MR) is 68.7 cm³/mol. The molecular weight excluding hydrogens is 198 g/mol. The minimum Gasteiger partial charge on any atom is -0.384 e. The molecule has 0 saturated heterocycles. The molecule has 0 heterocycles. The second kappa shape index (κ2) is 6.66. The molecule has 0 aliphatic rings. The maximum atomic E-state index is 5.11. The van der Waals surface area contributed by atoms with Crippen molar-refractivity contribution < 1.29 is 4.74 Å². The molecule has 1 rings (SSSR count). The Morgan fingerprint density at radius 3 is 2.69 bits per heavy atom. The summed E-state index contributed by atoms with van der Waals surface area (Å²) in [6.07, 6.45) is 0. The molecule has 2 nitrogen and oxygen atoms in total. The van der Waals surface area contributed by atoms with Gasteiger partial charge in [-0.1, -0.05) is 30.7 Å². The third-order valence-electron chi connectivity index (χ3n) is 2.76. The normalized spacial score (nSPS) is 12.8. The van der Waals surface area contributed by atoms with Crippen molar-refractivity contribution in [3.05, 3.63) is 34.9 Å². The molecule has 0 fully saturated rings. The first kappa shape index (κ1) is 13.2. The fraction of sp³-hybridized carbons (Fsp3) is 0.571. The Morgan fingerprint density at radius 1 is 1.31 bits per heavy atom. The van der Waals surface area contributed by atoms with Crippen LogP contribution in [-0.2, 0) is 11.3 Å². The molecular formula is C14H23NO. The number of hydrogen-bond donors (Lipinski definition) is 1. The molecule has 0 aromatic heterocycles. The van der Waals surface area contributed by atoms with Crippen LogP contribution in [-0.4, -0.2) is 20.3 Å². The number of aryl methyl sites for hydroxylation is 2. The van der Waals surface area contributed by atoms with Gasteiger partial charge in [0.05, 0.1) is 0 Å². The van der Waals surface area contributed by atoms with E-state index in [0.717, 1.165) is 19.7 Å². The predicted octanol–water partition coefficient (Wildman–Crippen LogP) is 2.68. The van der Waals surface area contributed by atoms with Gasteiger partial charge in [-0.2, -0.15) is 0 Å². The van der Waals surface area contributed by atoms with Gasteiger partial charge < -0.3 is 10.1 Å². The third kappa shape index (κ3) is 4.33. The quantitative estimate of drug-likeness (QED) is 0.797. The van der Waals surface area contributed by atoms with E-state index in [-0.39, 0.29) is 0 Å². The second-order valence-electron chi connectivity index (χ2n) is 4.62. The van der Waals surface area contributed by atoms with Gasteiger partial charge in [0.25, 0.3) is 0 Å². The average Bonchev–Trinajstić information content (AvgIpc) is 2.22. The summed E-state index contributed by atoms with van der Waals surface area (Å²) in [5.74, 6) is 0.566. The Kier molecular flexibility index (Phi) is 5.50. The molecule has 1 unspecified atom stereocenters. The molecule has 0 saturated carbocycles. The summed E-state index contributed by atoms with van der Waals surface area (Å²) in [6.45, 7) is 9.26. The highest BCUT2D eigenvalue weighted by Crippen LogP contribution is 2.10. The van der Waals surface area contributed by atoms with Gasteiger partial charge in [-0.05, 0) is 30.9 Å². The lowest BCUT2D eigenvalue weighted by molar-refractivity contribution is 0.158. The van der Waals surface area contributed by atoms with Crippen molar-refractivity contribution in [2.75, 3.05) is 20.3 Å². The van der Waals surface area contributed by atoms with Gasteiger partial charge in [-0.3, -0.25) is 0 Å². The Bertz CT molecular complexity index is 323. The Labute approximate surface area is 99.0 Å². The first-order valence-electron chi connectivity index (χ1n) is 5.89. The zero-order valence-corrected chi connectivity index (χ0v) is 10.8. The van der Waals surface area contributed by atoms with Crippen molar-refractivity contribution in [2.45, 2.75) is 27.3 Å². The fourth-order valence-corrected chi connectivity index (χ4v) is 1.84. The summed E-state index contributed by atoms with van der Waals surface area (Å²) < 4.78 is 5.11. The lowest BCUT2D eigenvalue weighted by atomic mass is 10.1. The number of rotatable bonds is 6. The zero-order valence-electron chi connectivity index (χ0n) is 10.8. The van der Waals surface area contributed by atoms with E-state index in [0.29, 0.717) is 5.92 Å². The maximum absolute atomic E-state index is 5.11. The highest BCUT2D eigenvalue weighted by molar-refractivity contribution is 5.30. The van der Waals surface area contributed by atoms with Gasteiger partial charge in [-0.15, -0.1) is 0 Å². The van der Waals surface area contributed by atoms with Crippen LogP contribution in [0.4, 0.5) is 0 Å². The molecule has 0 aliphatic carbocycles. The summed E-state index contributed by atoms with van der Waals surface area (Å²) in [6, 6.07) is 6.61. The van der Waals surface area contributed by atoms with Crippen LogP contribution in [0.3, 0.4) is 0 Å². The van der Waals surface area contributed by atoms with Crippen molar-refractivity contribution >= 4 is 0 Å². The monoisotopic (exact) mass is 221 g/mol. The number of hydrogen-bond acceptors (Lipinski definition) is 2. The van der Waals surface area contributed by atoms with E-state index in [4.69, 9.17) is 4.74 Å². The number of benzene rings is 1. The van der Waals surface area contributed by atoms with E-state index in [2.05, 4.69) is 44.3 Å². The topological polar surface area (TPSA) is 21.3 Å². The van der Waals surface area contributed by atoms with Gasteiger partial charge in [0, 0.05) is 26.8 Å². The van der Waals surface area contributed by atoms with Gasteiger partial charge >= 0.3 is 0 Å². The fourth-order valence-electron chi connectivity index (χ4n) is 1.84. The summed E-state index contributed by atoms with van der Waals surface area (Å²) in [4.78, 5) is 0. The molecule has 1 aromatic carbocycles. The zero-order chi connectivity index (χ0) is 12.0. The molecule has 0 aliphatic heterocycles. The van der Waals surface area contributed by atoms with E-state index in [1.165, 1.54) is 16.7 Å². The SMILES string of the molecule is COCC(C)CNCc1ccc(C)cc1C. The molecule has 1 atom stereocenters. The standard InChI is InChI=1S/C14H23NO/c1-11-5-6-14(13(3)7-11)9-15-8-12(2)10-16-4/h5-7,12,15H,8-10H2,1-4H3. The first-order chi connectivity index (χ1) is 7.63. The van der Waals surface area contributed by atoms with Gasteiger partial charge in [0.15, 0.2) is 0 Å². The number of nitrogens with one attached hydrogen (secondary N) is 1. The van der Waals surface area contributed by atoms with Crippen molar-refractivity contribution in [3.8, 4) is 0 Å². The van der Waals surface area contributed by atoms with Gasteiger partial charge in [0.1, 0.15) is 0 Å². The van der Waals surface area contributed by atoms with E-state index in [9.17, 15) is 0 Å². The maximum Gasteiger partial charge on any atom is 0.0499 e. The molecule has 0 radical (unpaired) electrons. The average molecular weight is 221 g/mol. The summed E-state index contributed by atoms with van der Waals surface area (Å²) in [5, 5.41) is 3.47. The highest BCUT2D eigenvalue weighted by atomic mass is 16.5. The number of methoxy groups -OCH3 is 1. The van der Waals surface area contributed by atoms with Crippen LogP contribution in [0.5, 0.6) is 0 Å². The minimum atomic E-state index is 0.566. The van der Waals surface area contributed by atoms with E-state index >= 15 is 0 Å². The summed E-state index contributed by atoms with van der Waals surface area (Å²) >= 11 is 0. The lowest BCUT2D eigenvalue weighted by Gasteiger charge is -2.12. The first-order valence-corrected chi connectivity index (χ1v) is 5.89. The Hall–Kier alpha value is -0.860. The van der Waals surface area contributed by atoms with Crippen LogP contribution in [0, 0.1) is 19.8 Å². The molecule has 16 heavy (non-hydrogen) atoms. The Morgan fingerprint density at radius 2 is 2.06 bits per heavy atom. The van der Waals surface area contributed by atoms with Crippen molar-refractivity contribution in [1.82, 2.24) is 5.32 Å². The molecule has 0 spiro atoms. The smallest absolute Gasteiger partial charge is 0.0499 e.